The molecule has 0 bridgehead atoms. The van der Waals surface area contributed by atoms with Crippen LogP contribution in [0.1, 0.15) is 47.8 Å². The normalized spacial score (nSPS) is 28.0. The fourth-order valence-corrected chi connectivity index (χ4v) is 5.30. The molecule has 10 heteroatoms. The van der Waals surface area contributed by atoms with Crippen LogP contribution in [0.15, 0.2) is 24.5 Å². The van der Waals surface area contributed by atoms with Crippen molar-refractivity contribution in [3.63, 3.8) is 0 Å². The SMILES string of the molecule is Cn1cnc(C2CC3CC(O)(C(F)(F)CO)CC3C2)c1C(=O)Nc1ccc(F)c(Cl)c1. The molecular formula is C21H23ClF3N3O3. The summed E-state index contributed by atoms with van der Waals surface area (Å²) in [4.78, 5) is 17.3. The van der Waals surface area contributed by atoms with Gasteiger partial charge in [0.05, 0.1) is 17.0 Å². The quantitative estimate of drug-likeness (QED) is 0.638. The molecule has 2 aromatic rings. The number of aliphatic hydroxyl groups is 2. The van der Waals surface area contributed by atoms with Gasteiger partial charge >= 0.3 is 0 Å². The van der Waals surface area contributed by atoms with Gasteiger partial charge in [0, 0.05) is 18.7 Å². The van der Waals surface area contributed by atoms with E-state index in [0.717, 1.165) is 6.07 Å². The Morgan fingerprint density at radius 1 is 1.35 bits per heavy atom. The van der Waals surface area contributed by atoms with Crippen LogP contribution < -0.4 is 5.32 Å². The largest absolute Gasteiger partial charge is 0.390 e. The van der Waals surface area contributed by atoms with Crippen LogP contribution in [-0.2, 0) is 7.05 Å². The van der Waals surface area contributed by atoms with E-state index < -0.39 is 29.9 Å². The maximum atomic E-state index is 14.0. The minimum atomic E-state index is -3.54. The van der Waals surface area contributed by atoms with Gasteiger partial charge in [-0.1, -0.05) is 11.6 Å². The molecule has 0 spiro atoms. The average Bonchev–Trinajstić information content (AvgIpc) is 3.36. The van der Waals surface area contributed by atoms with Crippen LogP contribution in [0.5, 0.6) is 0 Å². The first-order valence-corrected chi connectivity index (χ1v) is 10.4. The number of aryl methyl sites for hydroxylation is 1. The van der Waals surface area contributed by atoms with Crippen LogP contribution >= 0.6 is 11.6 Å². The fourth-order valence-electron chi connectivity index (χ4n) is 5.12. The lowest BCUT2D eigenvalue weighted by Crippen LogP contribution is -2.49. The number of alkyl halides is 2. The van der Waals surface area contributed by atoms with E-state index in [1.807, 2.05) is 0 Å². The summed E-state index contributed by atoms with van der Waals surface area (Å²) in [5, 5.41) is 22.0. The number of carbonyl (C=O) groups is 1. The summed E-state index contributed by atoms with van der Waals surface area (Å²) < 4.78 is 43.0. The Kier molecular flexibility index (Phi) is 5.56. The molecule has 31 heavy (non-hydrogen) atoms. The van der Waals surface area contributed by atoms with Crippen LogP contribution in [0.25, 0.3) is 0 Å². The summed E-state index contributed by atoms with van der Waals surface area (Å²) in [6.45, 7) is -1.38. The third-order valence-electron chi connectivity index (χ3n) is 6.66. The third kappa shape index (κ3) is 3.83. The van der Waals surface area contributed by atoms with Crippen molar-refractivity contribution in [2.75, 3.05) is 11.9 Å². The van der Waals surface area contributed by atoms with Crippen LogP contribution in [0.2, 0.25) is 5.02 Å². The number of carbonyl (C=O) groups excluding carboxylic acids is 1. The molecule has 2 aliphatic rings. The molecular weight excluding hydrogens is 435 g/mol. The summed E-state index contributed by atoms with van der Waals surface area (Å²) in [5.41, 5.74) is -0.960. The van der Waals surface area contributed by atoms with E-state index in [-0.39, 0.29) is 35.6 Å². The van der Waals surface area contributed by atoms with Gasteiger partial charge in [-0.15, -0.1) is 0 Å². The highest BCUT2D eigenvalue weighted by Crippen LogP contribution is 2.57. The average molecular weight is 458 g/mol. The maximum Gasteiger partial charge on any atom is 0.298 e. The summed E-state index contributed by atoms with van der Waals surface area (Å²) in [6.07, 6.45) is 2.38. The minimum absolute atomic E-state index is 0.0931. The van der Waals surface area contributed by atoms with E-state index >= 15 is 0 Å². The monoisotopic (exact) mass is 457 g/mol. The number of aromatic nitrogens is 2. The predicted octanol–water partition coefficient (Wildman–Crippen LogP) is 3.73. The zero-order valence-electron chi connectivity index (χ0n) is 16.8. The molecule has 0 aliphatic heterocycles. The number of hydrogen-bond donors (Lipinski definition) is 3. The molecule has 1 aromatic heterocycles. The zero-order chi connectivity index (χ0) is 22.6. The number of benzene rings is 1. The van der Waals surface area contributed by atoms with Crippen LogP contribution in [-0.4, -0.2) is 43.8 Å². The number of fused-ring (bicyclic) bond motifs is 1. The number of amides is 1. The summed E-state index contributed by atoms with van der Waals surface area (Å²) in [7, 11) is 1.68. The van der Waals surface area contributed by atoms with E-state index in [4.69, 9.17) is 16.7 Å². The lowest BCUT2D eigenvalue weighted by Gasteiger charge is -2.32. The number of hydrogen-bond acceptors (Lipinski definition) is 4. The van der Waals surface area contributed by atoms with Crippen molar-refractivity contribution in [2.45, 2.75) is 43.1 Å². The first-order chi connectivity index (χ1) is 14.5. The Balaban J connectivity index is 1.51. The Hall–Kier alpha value is -2.10. The van der Waals surface area contributed by atoms with Crippen LogP contribution in [0, 0.1) is 17.7 Å². The number of nitrogens with one attached hydrogen (secondary N) is 1. The van der Waals surface area contributed by atoms with Crippen molar-refractivity contribution in [2.24, 2.45) is 18.9 Å². The van der Waals surface area contributed by atoms with Gasteiger partial charge in [-0.3, -0.25) is 4.79 Å². The van der Waals surface area contributed by atoms with Crippen molar-refractivity contribution in [3.05, 3.63) is 46.8 Å². The van der Waals surface area contributed by atoms with Gasteiger partial charge in [0.2, 0.25) is 0 Å². The predicted molar refractivity (Wildman–Crippen MR) is 108 cm³/mol. The lowest BCUT2D eigenvalue weighted by molar-refractivity contribution is -0.199. The van der Waals surface area contributed by atoms with E-state index in [1.165, 1.54) is 18.5 Å². The van der Waals surface area contributed by atoms with E-state index in [9.17, 15) is 23.1 Å². The second kappa shape index (κ2) is 7.79. The molecule has 2 atom stereocenters. The molecule has 1 aromatic carbocycles. The van der Waals surface area contributed by atoms with Gasteiger partial charge in [0.15, 0.2) is 0 Å². The molecule has 4 rings (SSSR count). The molecule has 2 unspecified atom stereocenters. The number of imidazole rings is 1. The first-order valence-electron chi connectivity index (χ1n) is 10.0. The van der Waals surface area contributed by atoms with Crippen molar-refractivity contribution in [1.82, 2.24) is 9.55 Å². The summed E-state index contributed by atoms with van der Waals surface area (Å²) in [6, 6.07) is 3.87. The van der Waals surface area contributed by atoms with E-state index in [0.29, 0.717) is 29.9 Å². The summed E-state index contributed by atoms with van der Waals surface area (Å²) in [5.74, 6) is -4.95. The topological polar surface area (TPSA) is 87.4 Å². The molecule has 6 nitrogen and oxygen atoms in total. The molecule has 1 heterocycles. The molecule has 2 saturated carbocycles. The number of rotatable bonds is 5. The van der Waals surface area contributed by atoms with Crippen molar-refractivity contribution < 1.29 is 28.2 Å². The van der Waals surface area contributed by atoms with Crippen molar-refractivity contribution in [1.29, 1.82) is 0 Å². The third-order valence-corrected chi connectivity index (χ3v) is 6.95. The maximum absolute atomic E-state index is 14.0. The highest BCUT2D eigenvalue weighted by Gasteiger charge is 2.60. The van der Waals surface area contributed by atoms with Crippen molar-refractivity contribution in [3.8, 4) is 0 Å². The number of nitrogens with zero attached hydrogens (tertiary/aromatic N) is 2. The second-order valence-corrected chi connectivity index (χ2v) is 9.07. The van der Waals surface area contributed by atoms with E-state index in [2.05, 4.69) is 10.3 Å². The van der Waals surface area contributed by atoms with Crippen LogP contribution in [0.3, 0.4) is 0 Å². The Labute approximate surface area is 182 Å². The molecule has 3 N–H and O–H groups in total. The fraction of sp³-hybridized carbons (Fsp3) is 0.524. The molecule has 1 amide bonds. The molecule has 2 aliphatic carbocycles. The van der Waals surface area contributed by atoms with Gasteiger partial charge in [-0.2, -0.15) is 0 Å². The molecule has 0 radical (unpaired) electrons. The molecule has 2 fully saturated rings. The van der Waals surface area contributed by atoms with Gasteiger partial charge in [0.25, 0.3) is 11.8 Å². The summed E-state index contributed by atoms with van der Waals surface area (Å²) >= 11 is 5.78. The van der Waals surface area contributed by atoms with Gasteiger partial charge in [-0.25, -0.2) is 18.2 Å². The molecule has 0 saturated heterocycles. The van der Waals surface area contributed by atoms with Gasteiger partial charge in [-0.05, 0) is 55.7 Å². The first kappa shape index (κ1) is 22.1. The second-order valence-electron chi connectivity index (χ2n) is 8.66. The highest BCUT2D eigenvalue weighted by atomic mass is 35.5. The standard InChI is InChI=1S/C21H23ClF3N3O3/c1-28-10-26-17(18(28)19(30)27-14-2-3-16(23)15(22)6-14)11-4-12-7-20(31,8-13(12)5-11)21(24,25)9-29/h2-3,6,10-13,29,31H,4-5,7-9H2,1H3,(H,27,30). The smallest absolute Gasteiger partial charge is 0.298 e. The van der Waals surface area contributed by atoms with Crippen LogP contribution in [0.4, 0.5) is 18.9 Å². The minimum Gasteiger partial charge on any atom is -0.390 e. The Bertz CT molecular complexity index is 999. The number of anilines is 1. The number of aliphatic hydroxyl groups excluding tert-OH is 1. The lowest BCUT2D eigenvalue weighted by atomic mass is 9.88. The zero-order valence-corrected chi connectivity index (χ0v) is 17.5. The van der Waals surface area contributed by atoms with E-state index in [1.54, 1.807) is 11.6 Å². The van der Waals surface area contributed by atoms with Gasteiger partial charge < -0.3 is 20.1 Å². The number of halogens is 4. The Morgan fingerprint density at radius 2 is 2.00 bits per heavy atom. The Morgan fingerprint density at radius 3 is 2.58 bits per heavy atom. The molecule has 168 valence electrons. The van der Waals surface area contributed by atoms with Gasteiger partial charge in [0.1, 0.15) is 23.7 Å². The highest BCUT2D eigenvalue weighted by molar-refractivity contribution is 6.31. The van der Waals surface area contributed by atoms with Crippen molar-refractivity contribution >= 4 is 23.2 Å².